The van der Waals surface area contributed by atoms with Crippen molar-refractivity contribution in [3.8, 4) is 17.2 Å². The van der Waals surface area contributed by atoms with Gasteiger partial charge in [0.1, 0.15) is 0 Å². The van der Waals surface area contributed by atoms with Gasteiger partial charge < -0.3 is 0 Å². The zero-order valence-corrected chi connectivity index (χ0v) is 14.4. The molecule has 2 heterocycles. The van der Waals surface area contributed by atoms with Crippen molar-refractivity contribution < 1.29 is 21.6 Å². The van der Waals surface area contributed by atoms with Crippen LogP contribution in [0.2, 0.25) is 0 Å². The van der Waals surface area contributed by atoms with E-state index in [2.05, 4.69) is 20.3 Å². The molecular weight excluding hydrogens is 371 g/mol. The first-order chi connectivity index (χ1) is 12.1. The number of alkyl halides is 3. The van der Waals surface area contributed by atoms with Gasteiger partial charge in [0, 0.05) is 11.8 Å². The van der Waals surface area contributed by atoms with Crippen molar-refractivity contribution in [1.29, 1.82) is 0 Å². The lowest BCUT2D eigenvalue weighted by atomic mass is 10.1. The van der Waals surface area contributed by atoms with Crippen molar-refractivity contribution in [3.63, 3.8) is 0 Å². The average molecular weight is 383 g/mol. The molecule has 0 aliphatic rings. The third-order valence-corrected chi connectivity index (χ3v) is 4.37. The minimum atomic E-state index is -4.75. The fourth-order valence-corrected chi connectivity index (χ4v) is 2.61. The Bertz CT molecular complexity index is 1040. The van der Waals surface area contributed by atoms with Crippen molar-refractivity contribution >= 4 is 9.84 Å². The molecule has 7 nitrogen and oxygen atoms in total. The number of aromatic nitrogens is 5. The second-order valence-corrected chi connectivity index (χ2v) is 7.50. The monoisotopic (exact) mass is 383 g/mol. The molecule has 0 saturated heterocycles. The number of halogens is 3. The summed E-state index contributed by atoms with van der Waals surface area (Å²) in [5, 5.41) is 10.4. The summed E-state index contributed by atoms with van der Waals surface area (Å²) in [6.45, 7) is 1.84. The van der Waals surface area contributed by atoms with E-state index < -0.39 is 21.8 Å². The molecule has 0 bridgehead atoms. The summed E-state index contributed by atoms with van der Waals surface area (Å²) in [6, 6.07) is 9.02. The zero-order chi connectivity index (χ0) is 19.1. The van der Waals surface area contributed by atoms with Crippen molar-refractivity contribution in [3.05, 3.63) is 47.8 Å². The number of nitrogens with zero attached hydrogens (tertiary/aromatic N) is 5. The van der Waals surface area contributed by atoms with Crippen LogP contribution in [0.25, 0.3) is 17.2 Å². The minimum absolute atomic E-state index is 0.0845. The number of hydrogen-bond donors (Lipinski definition) is 0. The lowest BCUT2D eigenvalue weighted by Gasteiger charge is -2.05. The van der Waals surface area contributed by atoms with Gasteiger partial charge in [0.25, 0.3) is 5.82 Å². The maximum Gasteiger partial charge on any atom is 0.453 e. The van der Waals surface area contributed by atoms with E-state index in [0.29, 0.717) is 5.56 Å². The minimum Gasteiger partial charge on any atom is -0.222 e. The van der Waals surface area contributed by atoms with Crippen LogP contribution in [0.3, 0.4) is 0 Å². The van der Waals surface area contributed by atoms with Crippen LogP contribution in [-0.2, 0) is 16.0 Å². The van der Waals surface area contributed by atoms with Crippen LogP contribution in [0, 0.1) is 6.92 Å². The van der Waals surface area contributed by atoms with Crippen molar-refractivity contribution in [2.75, 3.05) is 6.26 Å². The first-order valence-electron chi connectivity index (χ1n) is 7.21. The molecule has 0 N–H and O–H groups in total. The van der Waals surface area contributed by atoms with Gasteiger partial charge in [-0.15, -0.1) is 15.3 Å². The zero-order valence-electron chi connectivity index (χ0n) is 13.6. The average Bonchev–Trinajstić information content (AvgIpc) is 3.00. The molecule has 11 heteroatoms. The van der Waals surface area contributed by atoms with E-state index in [4.69, 9.17) is 0 Å². The number of rotatable bonds is 3. The van der Waals surface area contributed by atoms with Crippen LogP contribution in [0.5, 0.6) is 0 Å². The van der Waals surface area contributed by atoms with Gasteiger partial charge in [-0.25, -0.2) is 13.4 Å². The molecule has 0 atom stereocenters. The van der Waals surface area contributed by atoms with E-state index >= 15 is 0 Å². The van der Waals surface area contributed by atoms with Crippen LogP contribution >= 0.6 is 0 Å². The molecular formula is C15H12F3N5O2S. The largest absolute Gasteiger partial charge is 0.453 e. The highest BCUT2D eigenvalue weighted by Gasteiger charge is 2.37. The summed E-state index contributed by atoms with van der Waals surface area (Å²) in [6.07, 6.45) is -3.80. The van der Waals surface area contributed by atoms with Crippen molar-refractivity contribution in [2.45, 2.75) is 18.1 Å². The van der Waals surface area contributed by atoms with Crippen LogP contribution in [0.1, 0.15) is 11.4 Å². The Labute approximate surface area is 146 Å². The summed E-state index contributed by atoms with van der Waals surface area (Å²) in [7, 11) is -3.59. The number of aryl methyl sites for hydroxylation is 1. The molecule has 2 aromatic heterocycles. The van der Waals surface area contributed by atoms with E-state index in [1.54, 1.807) is 24.3 Å². The third-order valence-electron chi connectivity index (χ3n) is 3.39. The van der Waals surface area contributed by atoms with Crippen LogP contribution < -0.4 is 0 Å². The summed E-state index contributed by atoms with van der Waals surface area (Å²) < 4.78 is 62.9. The Morgan fingerprint density at radius 2 is 1.65 bits per heavy atom. The fraction of sp³-hybridized carbons (Fsp3) is 0.200. The molecule has 1 aromatic carbocycles. The van der Waals surface area contributed by atoms with Crippen LogP contribution in [0.15, 0.2) is 41.4 Å². The summed E-state index contributed by atoms with van der Waals surface area (Å²) in [4.78, 5) is 3.57. The van der Waals surface area contributed by atoms with E-state index in [0.717, 1.165) is 22.6 Å². The van der Waals surface area contributed by atoms with E-state index in [9.17, 15) is 21.6 Å². The van der Waals surface area contributed by atoms with E-state index in [1.165, 1.54) is 6.07 Å². The Morgan fingerprint density at radius 1 is 1.00 bits per heavy atom. The van der Waals surface area contributed by atoms with Gasteiger partial charge in [-0.1, -0.05) is 29.8 Å². The molecule has 136 valence electrons. The molecule has 0 amide bonds. The van der Waals surface area contributed by atoms with Gasteiger partial charge in [-0.3, -0.25) is 0 Å². The molecule has 3 aromatic rings. The van der Waals surface area contributed by atoms with Gasteiger partial charge in [0.05, 0.1) is 0 Å². The highest BCUT2D eigenvalue weighted by molar-refractivity contribution is 7.90. The maximum atomic E-state index is 13.0. The number of benzene rings is 1. The number of hydrogen-bond acceptors (Lipinski definition) is 6. The van der Waals surface area contributed by atoms with E-state index in [-0.39, 0.29) is 16.7 Å². The van der Waals surface area contributed by atoms with Gasteiger partial charge in [-0.2, -0.15) is 17.9 Å². The molecule has 26 heavy (non-hydrogen) atoms. The molecule has 0 aliphatic heterocycles. The summed E-state index contributed by atoms with van der Waals surface area (Å²) in [5.74, 6) is -1.50. The first-order valence-corrected chi connectivity index (χ1v) is 9.10. The maximum absolute atomic E-state index is 13.0. The Balaban J connectivity index is 2.16. The fourth-order valence-electron chi connectivity index (χ4n) is 2.11. The second kappa shape index (κ2) is 6.16. The normalized spacial score (nSPS) is 12.3. The summed E-state index contributed by atoms with van der Waals surface area (Å²) in [5.41, 5.74) is 1.32. The van der Waals surface area contributed by atoms with Gasteiger partial charge in [0.15, 0.2) is 26.5 Å². The van der Waals surface area contributed by atoms with Crippen LogP contribution in [-0.4, -0.2) is 39.6 Å². The Morgan fingerprint density at radius 3 is 2.15 bits per heavy atom. The standard InChI is InChI=1S/C15H12F3N5O2S/c1-9-3-5-10(6-4-9)13-19-14(15(16,17)18)22-23(13)11-7-8-12(21-20-11)26(2,24)25/h3-8H,1-2H3. The molecule has 0 aliphatic carbocycles. The molecule has 0 saturated carbocycles. The molecule has 0 radical (unpaired) electrons. The second-order valence-electron chi connectivity index (χ2n) is 5.54. The predicted octanol–water partition coefficient (Wildman–Crippen LogP) is 2.46. The van der Waals surface area contributed by atoms with Gasteiger partial charge in [-0.05, 0) is 19.1 Å². The van der Waals surface area contributed by atoms with Crippen molar-refractivity contribution in [2.24, 2.45) is 0 Å². The summed E-state index contributed by atoms with van der Waals surface area (Å²) >= 11 is 0. The highest BCUT2D eigenvalue weighted by atomic mass is 32.2. The van der Waals surface area contributed by atoms with Gasteiger partial charge in [0.2, 0.25) is 0 Å². The first kappa shape index (κ1) is 18.0. The third kappa shape index (κ3) is 3.57. The smallest absolute Gasteiger partial charge is 0.222 e. The topological polar surface area (TPSA) is 90.6 Å². The molecule has 0 spiro atoms. The molecule has 0 fully saturated rings. The van der Waals surface area contributed by atoms with E-state index in [1.807, 2.05) is 6.92 Å². The Hall–Kier alpha value is -2.82. The lowest BCUT2D eigenvalue weighted by Crippen LogP contribution is -2.10. The molecule has 0 unspecified atom stereocenters. The molecule has 3 rings (SSSR count). The predicted molar refractivity (Wildman–Crippen MR) is 85.2 cm³/mol. The number of sulfone groups is 1. The van der Waals surface area contributed by atoms with Crippen molar-refractivity contribution in [1.82, 2.24) is 25.0 Å². The Kier molecular flexibility index (Phi) is 4.26. The lowest BCUT2D eigenvalue weighted by molar-refractivity contribution is -0.144. The van der Waals surface area contributed by atoms with Crippen LogP contribution in [0.4, 0.5) is 13.2 Å². The van der Waals surface area contributed by atoms with Gasteiger partial charge >= 0.3 is 6.18 Å². The highest BCUT2D eigenvalue weighted by Crippen LogP contribution is 2.30. The quantitative estimate of drug-likeness (QED) is 0.690. The SMILES string of the molecule is Cc1ccc(-c2nc(C(F)(F)F)nn2-c2ccc(S(C)(=O)=O)nn2)cc1.